The Balaban J connectivity index is 2.03. The molecule has 0 aliphatic heterocycles. The molecule has 0 bridgehead atoms. The molecule has 0 spiro atoms. The van der Waals surface area contributed by atoms with Crippen molar-refractivity contribution in [2.24, 2.45) is 5.92 Å². The average molecular weight is 308 g/mol. The highest BCUT2D eigenvalue weighted by Crippen LogP contribution is 2.47. The topological polar surface area (TPSA) is 72.0 Å². The number of aromatic nitrogens is 2. The Kier molecular flexibility index (Phi) is 4.73. The minimum Gasteiger partial charge on any atom is -0.432 e. The van der Waals surface area contributed by atoms with Gasteiger partial charge in [0.05, 0.1) is 18.1 Å². The molecule has 4 nitrogen and oxygen atoms in total. The van der Waals surface area contributed by atoms with Gasteiger partial charge in [0.2, 0.25) is 0 Å². The zero-order valence-corrected chi connectivity index (χ0v) is 14.8. The number of anilines is 1. The molecule has 2 atom stereocenters. The lowest BCUT2D eigenvalue weighted by Gasteiger charge is -2.40. The first kappa shape index (κ1) is 16.4. The third-order valence-corrected chi connectivity index (χ3v) is 8.86. The van der Waals surface area contributed by atoms with Gasteiger partial charge in [-0.1, -0.05) is 26.7 Å². The Bertz CT molecular complexity index is 467. The van der Waals surface area contributed by atoms with Crippen LogP contribution in [-0.2, 0) is 0 Å². The molecule has 118 valence electrons. The Hall–Kier alpha value is -0.943. The van der Waals surface area contributed by atoms with Crippen molar-refractivity contribution >= 4 is 14.1 Å². The van der Waals surface area contributed by atoms with Crippen molar-refractivity contribution in [3.63, 3.8) is 0 Å². The average Bonchev–Trinajstić information content (AvgIpc) is 2.38. The van der Waals surface area contributed by atoms with Crippen LogP contribution in [0.25, 0.3) is 0 Å². The van der Waals surface area contributed by atoms with E-state index in [4.69, 9.17) is 5.73 Å². The molecule has 0 radical (unpaired) electrons. The Morgan fingerprint density at radius 3 is 2.57 bits per heavy atom. The molecule has 1 aliphatic rings. The van der Waals surface area contributed by atoms with Crippen molar-refractivity contribution in [2.45, 2.75) is 70.0 Å². The quantitative estimate of drug-likeness (QED) is 0.832. The van der Waals surface area contributed by atoms with Gasteiger partial charge in [-0.3, -0.25) is 4.98 Å². The number of rotatable bonds is 4. The largest absolute Gasteiger partial charge is 0.432 e. The molecular weight excluding hydrogens is 278 g/mol. The van der Waals surface area contributed by atoms with Crippen LogP contribution in [0.3, 0.4) is 0 Å². The van der Waals surface area contributed by atoms with E-state index in [9.17, 15) is 4.80 Å². The maximum atomic E-state index is 10.5. The molecule has 1 fully saturated rings. The van der Waals surface area contributed by atoms with E-state index in [0.29, 0.717) is 17.7 Å². The molecule has 1 saturated carbocycles. The van der Waals surface area contributed by atoms with Crippen molar-refractivity contribution in [3.8, 4) is 0 Å². The van der Waals surface area contributed by atoms with E-state index in [1.807, 2.05) is 6.20 Å². The first-order chi connectivity index (χ1) is 9.69. The standard InChI is InChI=1S/C16H29N3OSi/c1-16(2,21(3,4)20)9-12-6-5-7-13(8-12)14-10-19-15(17)11-18-14/h10-13,20H,5-9H2,1-4H3,(H2,17,19)/t12-,13+/m1/s1. The Morgan fingerprint density at radius 1 is 1.29 bits per heavy atom. The van der Waals surface area contributed by atoms with E-state index in [2.05, 4.69) is 36.9 Å². The number of nitrogens with two attached hydrogens (primary N) is 1. The second kappa shape index (κ2) is 6.05. The van der Waals surface area contributed by atoms with Crippen LogP contribution in [0.15, 0.2) is 12.4 Å². The summed E-state index contributed by atoms with van der Waals surface area (Å²) >= 11 is 0. The molecule has 1 aliphatic carbocycles. The van der Waals surface area contributed by atoms with Gasteiger partial charge in [-0.15, -0.1) is 0 Å². The van der Waals surface area contributed by atoms with Crippen LogP contribution < -0.4 is 5.73 Å². The maximum Gasteiger partial charge on any atom is 0.188 e. The minimum atomic E-state index is -2.12. The van der Waals surface area contributed by atoms with Crippen molar-refractivity contribution in [1.82, 2.24) is 9.97 Å². The van der Waals surface area contributed by atoms with Gasteiger partial charge in [0.25, 0.3) is 0 Å². The summed E-state index contributed by atoms with van der Waals surface area (Å²) in [6.45, 7) is 8.56. The summed E-state index contributed by atoms with van der Waals surface area (Å²) in [6, 6.07) is 0. The third kappa shape index (κ3) is 4.04. The zero-order valence-electron chi connectivity index (χ0n) is 13.8. The number of hydrogen-bond acceptors (Lipinski definition) is 4. The zero-order chi connectivity index (χ0) is 15.7. The molecule has 0 saturated heterocycles. The lowest BCUT2D eigenvalue weighted by atomic mass is 9.76. The van der Waals surface area contributed by atoms with E-state index in [1.54, 1.807) is 6.20 Å². The second-order valence-corrected chi connectivity index (χ2v) is 12.2. The van der Waals surface area contributed by atoms with Crippen LogP contribution in [-0.4, -0.2) is 23.1 Å². The molecule has 3 N–H and O–H groups in total. The molecule has 1 heterocycles. The summed E-state index contributed by atoms with van der Waals surface area (Å²) in [4.78, 5) is 19.1. The molecule has 21 heavy (non-hydrogen) atoms. The highest BCUT2D eigenvalue weighted by Gasteiger charge is 2.40. The third-order valence-electron chi connectivity index (χ3n) is 5.35. The van der Waals surface area contributed by atoms with E-state index < -0.39 is 8.32 Å². The van der Waals surface area contributed by atoms with E-state index >= 15 is 0 Å². The SMILES string of the molecule is CC(C)(C[C@@H]1CCC[C@H](c2cnc(N)cn2)C1)[Si](C)(C)O. The summed E-state index contributed by atoms with van der Waals surface area (Å²) in [5, 5.41) is 0.0619. The van der Waals surface area contributed by atoms with Crippen LogP contribution in [0.1, 0.15) is 57.6 Å². The number of nitrogens with zero attached hydrogens (tertiary/aromatic N) is 2. The summed E-state index contributed by atoms with van der Waals surface area (Å²) in [6.07, 6.45) is 9.46. The van der Waals surface area contributed by atoms with Crippen LogP contribution in [0.5, 0.6) is 0 Å². The van der Waals surface area contributed by atoms with Gasteiger partial charge in [0, 0.05) is 5.92 Å². The van der Waals surface area contributed by atoms with E-state index in [-0.39, 0.29) is 5.04 Å². The van der Waals surface area contributed by atoms with E-state index in [0.717, 1.165) is 18.5 Å². The lowest BCUT2D eigenvalue weighted by Crippen LogP contribution is -2.40. The predicted octanol–water partition coefficient (Wildman–Crippen LogP) is 3.70. The second-order valence-electron chi connectivity index (χ2n) is 7.74. The molecule has 0 unspecified atom stereocenters. The Labute approximate surface area is 129 Å². The van der Waals surface area contributed by atoms with Crippen LogP contribution in [0, 0.1) is 5.92 Å². The summed E-state index contributed by atoms with van der Waals surface area (Å²) in [7, 11) is -2.12. The normalized spacial score (nSPS) is 24.0. The van der Waals surface area contributed by atoms with Gasteiger partial charge >= 0.3 is 0 Å². The van der Waals surface area contributed by atoms with Crippen LogP contribution >= 0.6 is 0 Å². The monoisotopic (exact) mass is 307 g/mol. The maximum absolute atomic E-state index is 10.5. The fraction of sp³-hybridized carbons (Fsp3) is 0.750. The Morgan fingerprint density at radius 2 is 2.00 bits per heavy atom. The smallest absolute Gasteiger partial charge is 0.188 e. The summed E-state index contributed by atoms with van der Waals surface area (Å²) < 4.78 is 0. The molecule has 0 amide bonds. The molecule has 2 rings (SSSR count). The molecular formula is C16H29N3OSi. The van der Waals surface area contributed by atoms with Crippen molar-refractivity contribution in [1.29, 1.82) is 0 Å². The number of nitrogen functional groups attached to an aromatic ring is 1. The lowest BCUT2D eigenvalue weighted by molar-refractivity contribution is 0.269. The van der Waals surface area contributed by atoms with Gasteiger partial charge in [-0.05, 0) is 43.3 Å². The fourth-order valence-corrected chi connectivity index (χ4v) is 4.06. The minimum absolute atomic E-state index is 0.0619. The molecule has 1 aromatic rings. The number of hydrogen-bond donors (Lipinski definition) is 2. The summed E-state index contributed by atoms with van der Waals surface area (Å²) in [5.41, 5.74) is 6.69. The van der Waals surface area contributed by atoms with Gasteiger partial charge in [-0.25, -0.2) is 4.98 Å². The van der Waals surface area contributed by atoms with Gasteiger partial charge in [0.15, 0.2) is 8.32 Å². The van der Waals surface area contributed by atoms with Gasteiger partial charge in [-0.2, -0.15) is 0 Å². The molecule has 5 heteroatoms. The summed E-state index contributed by atoms with van der Waals surface area (Å²) in [5.74, 6) is 1.66. The fourth-order valence-electron chi connectivity index (χ4n) is 3.28. The highest BCUT2D eigenvalue weighted by atomic mass is 28.4. The van der Waals surface area contributed by atoms with Crippen molar-refractivity contribution < 1.29 is 4.80 Å². The first-order valence-electron chi connectivity index (χ1n) is 7.99. The van der Waals surface area contributed by atoms with Crippen molar-refractivity contribution in [2.75, 3.05) is 5.73 Å². The van der Waals surface area contributed by atoms with Crippen LogP contribution in [0.2, 0.25) is 18.1 Å². The molecule has 0 aromatic carbocycles. The van der Waals surface area contributed by atoms with Crippen LogP contribution in [0.4, 0.5) is 5.82 Å². The van der Waals surface area contributed by atoms with E-state index in [1.165, 1.54) is 19.3 Å². The van der Waals surface area contributed by atoms with Crippen molar-refractivity contribution in [3.05, 3.63) is 18.1 Å². The molecule has 1 aromatic heterocycles. The van der Waals surface area contributed by atoms with Gasteiger partial charge < -0.3 is 10.5 Å². The highest BCUT2D eigenvalue weighted by molar-refractivity contribution is 6.72. The predicted molar refractivity (Wildman–Crippen MR) is 89.5 cm³/mol. The first-order valence-corrected chi connectivity index (χ1v) is 10.9. The van der Waals surface area contributed by atoms with Gasteiger partial charge in [0.1, 0.15) is 5.82 Å².